The highest BCUT2D eigenvalue weighted by Gasteiger charge is 2.26. The van der Waals surface area contributed by atoms with Gasteiger partial charge in [0, 0.05) is 42.9 Å². The van der Waals surface area contributed by atoms with Gasteiger partial charge in [-0.3, -0.25) is 10.1 Å². The van der Waals surface area contributed by atoms with Crippen molar-refractivity contribution in [3.63, 3.8) is 0 Å². The van der Waals surface area contributed by atoms with E-state index in [1.54, 1.807) is 17.0 Å². The molecule has 1 aliphatic rings. The van der Waals surface area contributed by atoms with Gasteiger partial charge in [-0.1, -0.05) is 13.0 Å². The van der Waals surface area contributed by atoms with E-state index in [-0.39, 0.29) is 24.2 Å². The summed E-state index contributed by atoms with van der Waals surface area (Å²) < 4.78 is 0. The summed E-state index contributed by atoms with van der Waals surface area (Å²) >= 11 is 0. The first-order chi connectivity index (χ1) is 10.0. The first kappa shape index (κ1) is 15.2. The largest absolute Gasteiger partial charge is 0.396 e. The Labute approximate surface area is 122 Å². The number of carbonyl (C=O) groups is 1. The third-order valence-electron chi connectivity index (χ3n) is 3.75. The molecule has 114 valence electrons. The number of anilines is 1. The summed E-state index contributed by atoms with van der Waals surface area (Å²) in [6, 6.07) is 4.43. The Hall–Kier alpha value is -2.15. The molecular weight excluding hydrogens is 274 g/mol. The maximum absolute atomic E-state index is 12.1. The number of nitro benzene ring substituents is 1. The number of nitro groups is 1. The van der Waals surface area contributed by atoms with Crippen LogP contribution in [0.4, 0.5) is 16.2 Å². The number of aliphatic hydroxyl groups excluding tert-OH is 1. The highest BCUT2D eigenvalue weighted by molar-refractivity contribution is 5.90. The zero-order valence-corrected chi connectivity index (χ0v) is 11.9. The molecule has 1 aromatic carbocycles. The number of rotatable bonds is 4. The van der Waals surface area contributed by atoms with E-state index >= 15 is 0 Å². The lowest BCUT2D eigenvalue weighted by molar-refractivity contribution is -0.385. The molecule has 0 aromatic heterocycles. The number of carbonyl (C=O) groups excluding carboxylic acids is 1. The van der Waals surface area contributed by atoms with Crippen molar-refractivity contribution in [1.82, 2.24) is 4.90 Å². The van der Waals surface area contributed by atoms with Crippen molar-refractivity contribution in [1.29, 1.82) is 0 Å². The number of nitrogens with zero attached hydrogens (tertiary/aromatic N) is 2. The molecular formula is C14H19N3O4. The number of nitrogens with one attached hydrogen (secondary N) is 1. The fourth-order valence-electron chi connectivity index (χ4n) is 2.48. The minimum Gasteiger partial charge on any atom is -0.396 e. The molecule has 2 amide bonds. The third-order valence-corrected chi connectivity index (χ3v) is 3.75. The number of amides is 2. The highest BCUT2D eigenvalue weighted by Crippen LogP contribution is 2.24. The van der Waals surface area contributed by atoms with Crippen LogP contribution in [0.1, 0.15) is 18.9 Å². The number of aliphatic hydroxyl groups is 1. The predicted octanol–water partition coefficient (Wildman–Crippen LogP) is 2.00. The predicted molar refractivity (Wildman–Crippen MR) is 78.3 cm³/mol. The van der Waals surface area contributed by atoms with Crippen LogP contribution < -0.4 is 5.32 Å². The molecule has 1 aliphatic heterocycles. The van der Waals surface area contributed by atoms with Crippen molar-refractivity contribution >= 4 is 17.4 Å². The SMILES string of the molecule is CCc1ccc(NC(=O)N2CCC(CO)C2)cc1[N+](=O)[O-]. The quantitative estimate of drug-likeness (QED) is 0.655. The Kier molecular flexibility index (Phi) is 4.74. The summed E-state index contributed by atoms with van der Waals surface area (Å²) in [4.78, 5) is 24.3. The van der Waals surface area contributed by atoms with Crippen molar-refractivity contribution in [2.45, 2.75) is 19.8 Å². The van der Waals surface area contributed by atoms with Crippen LogP contribution >= 0.6 is 0 Å². The molecule has 0 bridgehead atoms. The lowest BCUT2D eigenvalue weighted by Gasteiger charge is -2.17. The second kappa shape index (κ2) is 6.53. The minimum absolute atomic E-state index is 0.0185. The van der Waals surface area contributed by atoms with Crippen molar-refractivity contribution in [3.8, 4) is 0 Å². The molecule has 1 saturated heterocycles. The molecule has 21 heavy (non-hydrogen) atoms. The Morgan fingerprint density at radius 2 is 2.33 bits per heavy atom. The molecule has 1 aromatic rings. The highest BCUT2D eigenvalue weighted by atomic mass is 16.6. The number of benzene rings is 1. The fourth-order valence-corrected chi connectivity index (χ4v) is 2.48. The van der Waals surface area contributed by atoms with Gasteiger partial charge in [0.2, 0.25) is 0 Å². The van der Waals surface area contributed by atoms with Crippen LogP contribution in [0, 0.1) is 16.0 Å². The van der Waals surface area contributed by atoms with Crippen LogP contribution in [0.5, 0.6) is 0 Å². The summed E-state index contributed by atoms with van der Waals surface area (Å²) in [6.07, 6.45) is 1.34. The van der Waals surface area contributed by atoms with Crippen molar-refractivity contribution in [2.24, 2.45) is 5.92 Å². The van der Waals surface area contributed by atoms with Crippen LogP contribution in [-0.2, 0) is 6.42 Å². The van der Waals surface area contributed by atoms with E-state index in [1.165, 1.54) is 6.07 Å². The van der Waals surface area contributed by atoms with Crippen LogP contribution in [-0.4, -0.2) is 40.7 Å². The van der Waals surface area contributed by atoms with Gasteiger partial charge in [-0.2, -0.15) is 0 Å². The monoisotopic (exact) mass is 293 g/mol. The number of urea groups is 1. The molecule has 1 fully saturated rings. The van der Waals surface area contributed by atoms with Gasteiger partial charge in [0.15, 0.2) is 0 Å². The minimum atomic E-state index is -0.438. The van der Waals surface area contributed by atoms with Crippen LogP contribution in [0.15, 0.2) is 18.2 Å². The third kappa shape index (κ3) is 3.49. The maximum atomic E-state index is 12.1. The first-order valence-electron chi connectivity index (χ1n) is 6.99. The van der Waals surface area contributed by atoms with Crippen molar-refractivity contribution in [2.75, 3.05) is 25.0 Å². The second-order valence-corrected chi connectivity index (χ2v) is 5.17. The molecule has 1 unspecified atom stereocenters. The standard InChI is InChI=1S/C14H19N3O4/c1-2-11-3-4-12(7-13(11)17(20)21)15-14(19)16-6-5-10(8-16)9-18/h3-4,7,10,18H,2,5-6,8-9H2,1H3,(H,15,19). The average molecular weight is 293 g/mol. The van der Waals surface area contributed by atoms with Gasteiger partial charge in [-0.25, -0.2) is 4.79 Å². The Bertz CT molecular complexity index is 547. The van der Waals surface area contributed by atoms with E-state index in [0.717, 1.165) is 6.42 Å². The Morgan fingerprint density at radius 1 is 1.57 bits per heavy atom. The molecule has 7 nitrogen and oxygen atoms in total. The Balaban J connectivity index is 2.07. The zero-order chi connectivity index (χ0) is 15.4. The van der Waals surface area contributed by atoms with Crippen molar-refractivity contribution in [3.05, 3.63) is 33.9 Å². The van der Waals surface area contributed by atoms with Gasteiger partial charge in [0.05, 0.1) is 4.92 Å². The summed E-state index contributed by atoms with van der Waals surface area (Å²) in [5.74, 6) is 0.118. The number of likely N-dealkylation sites (tertiary alicyclic amines) is 1. The van der Waals surface area contributed by atoms with Crippen LogP contribution in [0.2, 0.25) is 0 Å². The van der Waals surface area contributed by atoms with E-state index in [4.69, 9.17) is 5.11 Å². The molecule has 0 radical (unpaired) electrons. The first-order valence-corrected chi connectivity index (χ1v) is 6.99. The van der Waals surface area contributed by atoms with Gasteiger partial charge in [0.1, 0.15) is 0 Å². The van der Waals surface area contributed by atoms with Gasteiger partial charge >= 0.3 is 6.03 Å². The van der Waals surface area contributed by atoms with E-state index in [9.17, 15) is 14.9 Å². The maximum Gasteiger partial charge on any atom is 0.321 e. The van der Waals surface area contributed by atoms with Gasteiger partial charge in [0.25, 0.3) is 5.69 Å². The van der Waals surface area contributed by atoms with E-state index in [1.807, 2.05) is 6.92 Å². The topological polar surface area (TPSA) is 95.7 Å². The van der Waals surface area contributed by atoms with Crippen LogP contribution in [0.3, 0.4) is 0 Å². The second-order valence-electron chi connectivity index (χ2n) is 5.17. The zero-order valence-electron chi connectivity index (χ0n) is 11.9. The van der Waals surface area contributed by atoms with Gasteiger partial charge in [-0.15, -0.1) is 0 Å². The molecule has 7 heteroatoms. The molecule has 0 aliphatic carbocycles. The lowest BCUT2D eigenvalue weighted by Crippen LogP contribution is -2.33. The molecule has 2 rings (SSSR count). The number of hydrogen-bond donors (Lipinski definition) is 2. The van der Waals surface area contributed by atoms with E-state index in [2.05, 4.69) is 5.32 Å². The Morgan fingerprint density at radius 3 is 2.90 bits per heavy atom. The van der Waals surface area contributed by atoms with Crippen molar-refractivity contribution < 1.29 is 14.8 Å². The van der Waals surface area contributed by atoms with Crippen LogP contribution in [0.25, 0.3) is 0 Å². The molecule has 0 spiro atoms. The molecule has 2 N–H and O–H groups in total. The summed E-state index contributed by atoms with van der Waals surface area (Å²) in [6.45, 7) is 3.02. The molecule has 1 heterocycles. The van der Waals surface area contributed by atoms with Gasteiger partial charge in [-0.05, 0) is 18.9 Å². The average Bonchev–Trinajstić information content (AvgIpc) is 2.96. The smallest absolute Gasteiger partial charge is 0.321 e. The summed E-state index contributed by atoms with van der Waals surface area (Å²) in [5, 5.41) is 22.8. The van der Waals surface area contributed by atoms with E-state index < -0.39 is 4.92 Å². The lowest BCUT2D eigenvalue weighted by atomic mass is 10.1. The molecule has 0 saturated carbocycles. The van der Waals surface area contributed by atoms with Gasteiger partial charge < -0.3 is 15.3 Å². The number of aryl methyl sites for hydroxylation is 1. The summed E-state index contributed by atoms with van der Waals surface area (Å²) in [5.41, 5.74) is 1.07. The molecule has 1 atom stereocenters. The number of hydrogen-bond acceptors (Lipinski definition) is 4. The normalized spacial score (nSPS) is 17.8. The fraction of sp³-hybridized carbons (Fsp3) is 0.500. The summed E-state index contributed by atoms with van der Waals surface area (Å²) in [7, 11) is 0. The van der Waals surface area contributed by atoms with E-state index in [0.29, 0.717) is 30.8 Å².